The predicted molar refractivity (Wildman–Crippen MR) is 160 cm³/mol. The summed E-state index contributed by atoms with van der Waals surface area (Å²) in [6.07, 6.45) is 22.4. The normalized spacial score (nSPS) is 35.8. The minimum atomic E-state index is -0.131. The number of aromatic nitrogens is 3. The fourth-order valence-corrected chi connectivity index (χ4v) is 9.82. The van der Waals surface area contributed by atoms with Crippen LogP contribution in [0.15, 0.2) is 17.8 Å². The van der Waals surface area contributed by atoms with Crippen molar-refractivity contribution in [3.63, 3.8) is 0 Å². The summed E-state index contributed by atoms with van der Waals surface area (Å²) in [5.74, 6) is 2.99. The van der Waals surface area contributed by atoms with Gasteiger partial charge in [-0.2, -0.15) is 0 Å². The molecule has 4 aliphatic carbocycles. The number of unbranched alkanes of at least 4 members (excludes halogenated alkanes) is 5. The molecule has 6 heteroatoms. The molecule has 0 amide bonds. The Labute approximate surface area is 243 Å². The van der Waals surface area contributed by atoms with E-state index in [4.69, 9.17) is 4.74 Å². The number of nitrogens with one attached hydrogen (secondary N) is 1. The molecular formula is C34H56N4O2. The van der Waals surface area contributed by atoms with Crippen LogP contribution < -0.4 is 5.32 Å². The fourth-order valence-electron chi connectivity index (χ4n) is 9.82. The topological polar surface area (TPSA) is 69.0 Å². The fraction of sp³-hybridized carbons (Fsp3) is 0.853. The average molecular weight is 553 g/mol. The Morgan fingerprint density at radius 2 is 1.90 bits per heavy atom. The van der Waals surface area contributed by atoms with Crippen LogP contribution in [-0.4, -0.2) is 33.1 Å². The molecule has 4 aliphatic rings. The van der Waals surface area contributed by atoms with Crippen molar-refractivity contribution in [1.29, 1.82) is 0 Å². The Balaban J connectivity index is 1.15. The second-order valence-corrected chi connectivity index (χ2v) is 14.4. The first kappa shape index (κ1) is 29.8. The lowest BCUT2D eigenvalue weighted by Gasteiger charge is -2.58. The molecule has 3 saturated carbocycles. The zero-order valence-corrected chi connectivity index (χ0v) is 26.1. The number of allylic oxidation sites excluding steroid dienone is 1. The Hall–Kier alpha value is -1.69. The summed E-state index contributed by atoms with van der Waals surface area (Å²) >= 11 is 0. The van der Waals surface area contributed by atoms with Gasteiger partial charge >= 0.3 is 5.97 Å². The highest BCUT2D eigenvalue weighted by molar-refractivity contribution is 5.66. The maximum atomic E-state index is 11.6. The lowest BCUT2D eigenvalue weighted by atomic mass is 9.47. The number of nitrogens with zero attached hydrogens (tertiary/aromatic N) is 3. The number of rotatable bonds is 12. The van der Waals surface area contributed by atoms with E-state index < -0.39 is 0 Å². The number of fused-ring (bicyclic) bond motifs is 5. The van der Waals surface area contributed by atoms with Gasteiger partial charge in [-0.15, -0.1) is 5.10 Å². The molecule has 0 aliphatic heterocycles. The molecule has 1 aromatic heterocycles. The molecule has 3 fully saturated rings. The van der Waals surface area contributed by atoms with Gasteiger partial charge in [0.1, 0.15) is 6.10 Å². The predicted octanol–water partition coefficient (Wildman–Crippen LogP) is 7.63. The minimum Gasteiger partial charge on any atom is -0.462 e. The maximum Gasteiger partial charge on any atom is 0.302 e. The van der Waals surface area contributed by atoms with Crippen LogP contribution in [0, 0.1) is 34.5 Å². The monoisotopic (exact) mass is 552 g/mol. The second kappa shape index (κ2) is 12.7. The van der Waals surface area contributed by atoms with Gasteiger partial charge in [0, 0.05) is 38.7 Å². The molecule has 0 bridgehead atoms. The van der Waals surface area contributed by atoms with Gasteiger partial charge in [0.2, 0.25) is 0 Å². The standard InChI is InChI=1S/C34H56N4O2/c1-6-7-8-9-10-11-20-38-23-27(36-37-38)22-35-24(2)30-14-15-31-29-13-12-26-21-28(40-25(3)39)16-18-33(26,4)32(29)17-19-34(30,31)5/h12,23-24,28-32,35H,6-11,13-22H2,1-5H3/t24-,28+,29+,30-,31+,32+,33+,34-/m1/s1. The van der Waals surface area contributed by atoms with E-state index in [1.165, 1.54) is 77.0 Å². The van der Waals surface area contributed by atoms with Crippen molar-refractivity contribution in [2.75, 3.05) is 0 Å². The number of hydrogen-bond donors (Lipinski definition) is 1. The highest BCUT2D eigenvalue weighted by Gasteiger charge is 2.59. The van der Waals surface area contributed by atoms with Crippen LogP contribution in [0.25, 0.3) is 0 Å². The Kier molecular flexibility index (Phi) is 9.44. The molecule has 0 aromatic carbocycles. The summed E-state index contributed by atoms with van der Waals surface area (Å²) in [5.41, 5.74) is 3.37. The van der Waals surface area contributed by atoms with Gasteiger partial charge in [0.25, 0.3) is 0 Å². The van der Waals surface area contributed by atoms with Gasteiger partial charge < -0.3 is 10.1 Å². The van der Waals surface area contributed by atoms with E-state index in [0.717, 1.165) is 55.3 Å². The number of carbonyl (C=O) groups excluding carboxylic acids is 1. The van der Waals surface area contributed by atoms with Crippen molar-refractivity contribution in [2.45, 2.75) is 150 Å². The lowest BCUT2D eigenvalue weighted by molar-refractivity contribution is -0.148. The number of esters is 1. The zero-order chi connectivity index (χ0) is 28.3. The molecule has 8 atom stereocenters. The van der Waals surface area contributed by atoms with Crippen molar-refractivity contribution < 1.29 is 9.53 Å². The Bertz CT molecular complexity index is 1030. The summed E-state index contributed by atoms with van der Waals surface area (Å²) in [6, 6.07) is 0.486. The van der Waals surface area contributed by atoms with Crippen molar-refractivity contribution in [3.05, 3.63) is 23.5 Å². The first-order chi connectivity index (χ1) is 19.2. The van der Waals surface area contributed by atoms with Gasteiger partial charge in [-0.25, -0.2) is 0 Å². The van der Waals surface area contributed by atoms with Crippen molar-refractivity contribution in [2.24, 2.45) is 34.5 Å². The number of hydrogen-bond acceptors (Lipinski definition) is 5. The zero-order valence-electron chi connectivity index (χ0n) is 26.1. The SMILES string of the molecule is CCCCCCCCn1cc(CN[C@H](C)[C@H]2CC[C@H]3[C@@H]4CC=C5C[C@@H](OC(C)=O)CC[C@]5(C)[C@H]4CC[C@]23C)nn1. The van der Waals surface area contributed by atoms with E-state index in [9.17, 15) is 4.79 Å². The summed E-state index contributed by atoms with van der Waals surface area (Å²) in [7, 11) is 0. The van der Waals surface area contributed by atoms with E-state index in [-0.39, 0.29) is 12.1 Å². The molecule has 1 aromatic rings. The summed E-state index contributed by atoms with van der Waals surface area (Å²) in [5, 5.41) is 12.8. The summed E-state index contributed by atoms with van der Waals surface area (Å²) in [4.78, 5) is 11.6. The first-order valence-corrected chi connectivity index (χ1v) is 16.7. The van der Waals surface area contributed by atoms with Gasteiger partial charge in [0.05, 0.1) is 5.69 Å². The van der Waals surface area contributed by atoms with E-state index in [0.29, 0.717) is 16.9 Å². The third-order valence-corrected chi connectivity index (χ3v) is 12.0. The largest absolute Gasteiger partial charge is 0.462 e. The molecular weight excluding hydrogens is 496 g/mol. The first-order valence-electron chi connectivity index (χ1n) is 16.7. The number of ether oxygens (including phenoxy) is 1. The molecule has 6 nitrogen and oxygen atoms in total. The highest BCUT2D eigenvalue weighted by atomic mass is 16.5. The van der Waals surface area contributed by atoms with Gasteiger partial charge in [-0.1, -0.05) is 69.7 Å². The van der Waals surface area contributed by atoms with Crippen LogP contribution in [0.2, 0.25) is 0 Å². The van der Waals surface area contributed by atoms with Crippen LogP contribution in [0.1, 0.15) is 130 Å². The Morgan fingerprint density at radius 1 is 1.10 bits per heavy atom. The number of aryl methyl sites for hydroxylation is 1. The molecule has 0 radical (unpaired) electrons. The van der Waals surface area contributed by atoms with Crippen molar-refractivity contribution >= 4 is 5.97 Å². The third kappa shape index (κ3) is 6.08. The summed E-state index contributed by atoms with van der Waals surface area (Å²) < 4.78 is 7.68. The average Bonchev–Trinajstić information content (AvgIpc) is 3.53. The highest BCUT2D eigenvalue weighted by Crippen LogP contribution is 2.66. The van der Waals surface area contributed by atoms with E-state index >= 15 is 0 Å². The second-order valence-electron chi connectivity index (χ2n) is 14.4. The molecule has 5 rings (SSSR count). The van der Waals surface area contributed by atoms with Crippen molar-refractivity contribution in [3.8, 4) is 0 Å². The van der Waals surface area contributed by atoms with Crippen molar-refractivity contribution in [1.82, 2.24) is 20.3 Å². The smallest absolute Gasteiger partial charge is 0.302 e. The molecule has 224 valence electrons. The van der Waals surface area contributed by atoms with Gasteiger partial charge in [-0.3, -0.25) is 9.48 Å². The quantitative estimate of drug-likeness (QED) is 0.164. The minimum absolute atomic E-state index is 0.0853. The summed E-state index contributed by atoms with van der Waals surface area (Å²) in [6.45, 7) is 13.2. The van der Waals surface area contributed by atoms with Crippen LogP contribution in [0.5, 0.6) is 0 Å². The number of carbonyl (C=O) groups is 1. The molecule has 0 saturated heterocycles. The van der Waals surface area contributed by atoms with Gasteiger partial charge in [-0.05, 0) is 92.8 Å². The lowest BCUT2D eigenvalue weighted by Crippen LogP contribution is -2.52. The Morgan fingerprint density at radius 3 is 2.70 bits per heavy atom. The van der Waals surface area contributed by atoms with E-state index in [1.807, 2.05) is 4.68 Å². The molecule has 0 spiro atoms. The molecule has 1 heterocycles. The molecule has 40 heavy (non-hydrogen) atoms. The molecule has 1 N–H and O–H groups in total. The van der Waals surface area contributed by atoms with Crippen LogP contribution in [0.3, 0.4) is 0 Å². The maximum absolute atomic E-state index is 11.6. The van der Waals surface area contributed by atoms with Gasteiger partial charge in [0.15, 0.2) is 0 Å². The van der Waals surface area contributed by atoms with Crippen LogP contribution in [-0.2, 0) is 22.6 Å². The third-order valence-electron chi connectivity index (χ3n) is 12.0. The van der Waals surface area contributed by atoms with Crippen LogP contribution >= 0.6 is 0 Å². The van der Waals surface area contributed by atoms with E-state index in [1.54, 1.807) is 12.5 Å². The van der Waals surface area contributed by atoms with E-state index in [2.05, 4.69) is 55.6 Å². The van der Waals surface area contributed by atoms with Crippen LogP contribution in [0.4, 0.5) is 0 Å². The molecule has 0 unspecified atom stereocenters.